The summed E-state index contributed by atoms with van der Waals surface area (Å²) in [4.78, 5) is 22.7. The van der Waals surface area contributed by atoms with Crippen LogP contribution in [-0.4, -0.2) is 30.1 Å². The Morgan fingerprint density at radius 2 is 2.00 bits per heavy atom. The van der Waals surface area contributed by atoms with Gasteiger partial charge in [0.15, 0.2) is 0 Å². The lowest BCUT2D eigenvalue weighted by atomic mass is 9.78. The van der Waals surface area contributed by atoms with Crippen molar-refractivity contribution in [2.24, 2.45) is 0 Å². The van der Waals surface area contributed by atoms with E-state index in [9.17, 15) is 9.59 Å². The average Bonchev–Trinajstić information content (AvgIpc) is 2.15. The van der Waals surface area contributed by atoms with Crippen LogP contribution in [0.2, 0.25) is 0 Å². The van der Waals surface area contributed by atoms with Gasteiger partial charge in [-0.2, -0.15) is 0 Å². The summed E-state index contributed by atoms with van der Waals surface area (Å²) in [6.07, 6.45) is 3.38. The third kappa shape index (κ3) is 3.48. The van der Waals surface area contributed by atoms with E-state index in [1.807, 2.05) is 0 Å². The van der Waals surface area contributed by atoms with Crippen LogP contribution in [0.1, 0.15) is 40.0 Å². The molecular formula is C11H21N3O2. The standard InChI is InChI=1S/C11H21N3O2/c1-4-12-10(16)13-9(15)8(2)14-11(3)6-5-7-11/h8,14H,4-7H2,1-3H3,(H2,12,13,15,16). The van der Waals surface area contributed by atoms with Crippen molar-refractivity contribution in [1.29, 1.82) is 0 Å². The normalized spacial score (nSPS) is 19.4. The first-order valence-corrected chi connectivity index (χ1v) is 5.83. The Morgan fingerprint density at radius 3 is 2.44 bits per heavy atom. The molecule has 1 aliphatic rings. The van der Waals surface area contributed by atoms with Crippen molar-refractivity contribution in [2.45, 2.75) is 51.6 Å². The Balaban J connectivity index is 2.32. The lowest BCUT2D eigenvalue weighted by Gasteiger charge is -2.41. The lowest BCUT2D eigenvalue weighted by molar-refractivity contribution is -0.122. The highest BCUT2D eigenvalue weighted by Gasteiger charge is 2.34. The fourth-order valence-electron chi connectivity index (χ4n) is 1.86. The average molecular weight is 227 g/mol. The van der Waals surface area contributed by atoms with E-state index in [1.54, 1.807) is 13.8 Å². The summed E-state index contributed by atoms with van der Waals surface area (Å²) in [5.74, 6) is -0.279. The predicted molar refractivity (Wildman–Crippen MR) is 62.1 cm³/mol. The summed E-state index contributed by atoms with van der Waals surface area (Å²) in [6.45, 7) is 6.20. The molecule has 1 saturated carbocycles. The number of hydrogen-bond donors (Lipinski definition) is 3. The fraction of sp³-hybridized carbons (Fsp3) is 0.818. The van der Waals surface area contributed by atoms with Gasteiger partial charge < -0.3 is 10.6 Å². The number of carbonyl (C=O) groups excluding carboxylic acids is 2. The van der Waals surface area contributed by atoms with Crippen molar-refractivity contribution < 1.29 is 9.59 Å². The van der Waals surface area contributed by atoms with Crippen LogP contribution in [0, 0.1) is 0 Å². The monoisotopic (exact) mass is 227 g/mol. The summed E-state index contributed by atoms with van der Waals surface area (Å²) in [7, 11) is 0. The van der Waals surface area contributed by atoms with Gasteiger partial charge in [0.2, 0.25) is 5.91 Å². The van der Waals surface area contributed by atoms with Crippen molar-refractivity contribution in [3.63, 3.8) is 0 Å². The van der Waals surface area contributed by atoms with Crippen molar-refractivity contribution in [3.8, 4) is 0 Å². The molecule has 1 aliphatic carbocycles. The Morgan fingerprint density at radius 1 is 1.38 bits per heavy atom. The number of hydrogen-bond acceptors (Lipinski definition) is 3. The summed E-state index contributed by atoms with van der Waals surface area (Å²) in [5, 5.41) is 8.07. The van der Waals surface area contributed by atoms with E-state index in [0.29, 0.717) is 6.54 Å². The van der Waals surface area contributed by atoms with Crippen LogP contribution in [-0.2, 0) is 4.79 Å². The van der Waals surface area contributed by atoms with Crippen LogP contribution in [0.5, 0.6) is 0 Å². The molecule has 0 saturated heterocycles. The fourth-order valence-corrected chi connectivity index (χ4v) is 1.86. The molecule has 5 nitrogen and oxygen atoms in total. The van der Waals surface area contributed by atoms with Crippen LogP contribution < -0.4 is 16.0 Å². The molecule has 0 bridgehead atoms. The molecular weight excluding hydrogens is 206 g/mol. The van der Waals surface area contributed by atoms with Crippen molar-refractivity contribution in [1.82, 2.24) is 16.0 Å². The highest BCUT2D eigenvalue weighted by molar-refractivity contribution is 5.96. The van der Waals surface area contributed by atoms with Crippen LogP contribution >= 0.6 is 0 Å². The molecule has 3 N–H and O–H groups in total. The van der Waals surface area contributed by atoms with E-state index in [4.69, 9.17) is 0 Å². The Kier molecular flexibility index (Phi) is 4.29. The molecule has 1 fully saturated rings. The maximum absolute atomic E-state index is 11.6. The number of rotatable bonds is 4. The lowest BCUT2D eigenvalue weighted by Crippen LogP contribution is -2.57. The Labute approximate surface area is 96.4 Å². The second-order valence-corrected chi connectivity index (χ2v) is 4.63. The minimum atomic E-state index is -0.431. The van der Waals surface area contributed by atoms with Crippen LogP contribution in [0.3, 0.4) is 0 Å². The van der Waals surface area contributed by atoms with Gasteiger partial charge in [-0.3, -0.25) is 10.1 Å². The SMILES string of the molecule is CCNC(=O)NC(=O)C(C)NC1(C)CCC1. The third-order valence-corrected chi connectivity index (χ3v) is 2.99. The molecule has 0 radical (unpaired) electrons. The molecule has 1 unspecified atom stereocenters. The van der Waals surface area contributed by atoms with E-state index in [2.05, 4.69) is 22.9 Å². The number of amides is 3. The minimum Gasteiger partial charge on any atom is -0.338 e. The van der Waals surface area contributed by atoms with Gasteiger partial charge in [-0.25, -0.2) is 4.79 Å². The zero-order valence-electron chi connectivity index (χ0n) is 10.2. The number of carbonyl (C=O) groups is 2. The topological polar surface area (TPSA) is 70.2 Å². The first-order chi connectivity index (χ1) is 7.47. The molecule has 0 aromatic carbocycles. The van der Waals surface area contributed by atoms with Crippen molar-refractivity contribution >= 4 is 11.9 Å². The van der Waals surface area contributed by atoms with Crippen LogP contribution in [0.15, 0.2) is 0 Å². The van der Waals surface area contributed by atoms with Crippen LogP contribution in [0.25, 0.3) is 0 Å². The molecule has 0 aromatic rings. The van der Waals surface area contributed by atoms with E-state index in [0.717, 1.165) is 12.8 Å². The Hall–Kier alpha value is -1.10. The van der Waals surface area contributed by atoms with Gasteiger partial charge in [0, 0.05) is 12.1 Å². The summed E-state index contributed by atoms with van der Waals surface area (Å²) in [5.41, 5.74) is 0.0674. The molecule has 0 aromatic heterocycles. The molecule has 92 valence electrons. The van der Waals surface area contributed by atoms with E-state index >= 15 is 0 Å². The first-order valence-electron chi connectivity index (χ1n) is 5.83. The first kappa shape index (κ1) is 13.0. The summed E-state index contributed by atoms with van der Waals surface area (Å²) < 4.78 is 0. The van der Waals surface area contributed by atoms with E-state index < -0.39 is 6.03 Å². The zero-order chi connectivity index (χ0) is 12.2. The molecule has 3 amide bonds. The molecule has 0 heterocycles. The largest absolute Gasteiger partial charge is 0.338 e. The van der Waals surface area contributed by atoms with Gasteiger partial charge >= 0.3 is 6.03 Å². The Bertz CT molecular complexity index is 274. The van der Waals surface area contributed by atoms with E-state index in [-0.39, 0.29) is 17.5 Å². The molecule has 5 heteroatoms. The molecule has 0 aliphatic heterocycles. The quantitative estimate of drug-likeness (QED) is 0.664. The second-order valence-electron chi connectivity index (χ2n) is 4.63. The highest BCUT2D eigenvalue weighted by Crippen LogP contribution is 2.31. The van der Waals surface area contributed by atoms with Gasteiger partial charge in [0.05, 0.1) is 6.04 Å². The van der Waals surface area contributed by atoms with Gasteiger partial charge in [0.25, 0.3) is 0 Å². The van der Waals surface area contributed by atoms with Crippen LogP contribution in [0.4, 0.5) is 4.79 Å². The molecule has 0 spiro atoms. The van der Waals surface area contributed by atoms with Crippen molar-refractivity contribution in [3.05, 3.63) is 0 Å². The number of nitrogens with one attached hydrogen (secondary N) is 3. The van der Waals surface area contributed by atoms with Gasteiger partial charge in [-0.15, -0.1) is 0 Å². The summed E-state index contributed by atoms with van der Waals surface area (Å²) >= 11 is 0. The maximum Gasteiger partial charge on any atom is 0.321 e. The second kappa shape index (κ2) is 5.30. The van der Waals surface area contributed by atoms with E-state index in [1.165, 1.54) is 6.42 Å². The predicted octanol–water partition coefficient (Wildman–Crippen LogP) is 0.753. The smallest absolute Gasteiger partial charge is 0.321 e. The zero-order valence-corrected chi connectivity index (χ0v) is 10.2. The molecule has 1 rings (SSSR count). The number of imide groups is 1. The third-order valence-electron chi connectivity index (χ3n) is 2.99. The van der Waals surface area contributed by atoms with Gasteiger partial charge in [-0.1, -0.05) is 0 Å². The van der Waals surface area contributed by atoms with Gasteiger partial charge in [-0.05, 0) is 40.0 Å². The number of urea groups is 1. The summed E-state index contributed by atoms with van der Waals surface area (Å²) in [6, 6.07) is -0.771. The van der Waals surface area contributed by atoms with Gasteiger partial charge in [0.1, 0.15) is 0 Å². The van der Waals surface area contributed by atoms with Crippen molar-refractivity contribution in [2.75, 3.05) is 6.54 Å². The minimum absolute atomic E-state index is 0.0674. The molecule has 16 heavy (non-hydrogen) atoms. The molecule has 1 atom stereocenters. The maximum atomic E-state index is 11.6. The highest BCUT2D eigenvalue weighted by atomic mass is 16.2.